The molecule has 0 saturated heterocycles. The standard InChI is InChI=1S/C20H18FNO2S/c1-12(2)25-18-17(14-6-8-15(21)9-7-14)19(23)22(20(18)24)16-10-4-13(3)5-11-16/h4-12H,1-3H3. The Morgan fingerprint density at radius 2 is 1.52 bits per heavy atom. The third kappa shape index (κ3) is 3.37. The van der Waals surface area contributed by atoms with E-state index in [4.69, 9.17) is 0 Å². The first-order valence-electron chi connectivity index (χ1n) is 8.01. The third-order valence-corrected chi connectivity index (χ3v) is 4.91. The van der Waals surface area contributed by atoms with Gasteiger partial charge in [-0.15, -0.1) is 11.8 Å². The van der Waals surface area contributed by atoms with Crippen LogP contribution in [0.2, 0.25) is 0 Å². The summed E-state index contributed by atoms with van der Waals surface area (Å²) in [6, 6.07) is 12.9. The van der Waals surface area contributed by atoms with Crippen LogP contribution in [0.15, 0.2) is 53.4 Å². The van der Waals surface area contributed by atoms with E-state index in [1.54, 1.807) is 12.1 Å². The van der Waals surface area contributed by atoms with Crippen molar-refractivity contribution in [3.05, 3.63) is 70.4 Å². The highest BCUT2D eigenvalue weighted by atomic mass is 32.2. The molecule has 1 aliphatic rings. The predicted molar refractivity (Wildman–Crippen MR) is 99.7 cm³/mol. The zero-order valence-electron chi connectivity index (χ0n) is 14.2. The molecule has 5 heteroatoms. The fraction of sp³-hybridized carbons (Fsp3) is 0.200. The summed E-state index contributed by atoms with van der Waals surface area (Å²) in [5, 5.41) is 0.139. The summed E-state index contributed by atoms with van der Waals surface area (Å²) in [6.45, 7) is 5.87. The summed E-state index contributed by atoms with van der Waals surface area (Å²) in [4.78, 5) is 27.6. The average Bonchev–Trinajstić information content (AvgIpc) is 2.80. The largest absolute Gasteiger partial charge is 0.272 e. The van der Waals surface area contributed by atoms with Gasteiger partial charge in [0.15, 0.2) is 0 Å². The molecule has 25 heavy (non-hydrogen) atoms. The van der Waals surface area contributed by atoms with E-state index in [0.717, 1.165) is 5.56 Å². The first-order chi connectivity index (χ1) is 11.9. The summed E-state index contributed by atoms with van der Waals surface area (Å²) in [5.74, 6) is -1.08. The molecule has 0 unspecified atom stereocenters. The van der Waals surface area contributed by atoms with Gasteiger partial charge in [0.25, 0.3) is 11.8 Å². The molecule has 3 rings (SSSR count). The lowest BCUT2D eigenvalue weighted by atomic mass is 10.1. The summed E-state index contributed by atoms with van der Waals surface area (Å²) in [7, 11) is 0. The smallest absolute Gasteiger partial charge is 0.268 e. The van der Waals surface area contributed by atoms with Crippen molar-refractivity contribution >= 4 is 34.8 Å². The van der Waals surface area contributed by atoms with Gasteiger partial charge in [0, 0.05) is 5.25 Å². The van der Waals surface area contributed by atoms with Gasteiger partial charge in [-0.3, -0.25) is 9.59 Å². The monoisotopic (exact) mass is 355 g/mol. The number of nitrogens with zero attached hydrogens (tertiary/aromatic N) is 1. The normalized spacial score (nSPS) is 14.8. The maximum absolute atomic E-state index is 13.3. The van der Waals surface area contributed by atoms with Crippen molar-refractivity contribution in [1.29, 1.82) is 0 Å². The lowest BCUT2D eigenvalue weighted by Crippen LogP contribution is -2.31. The molecule has 0 atom stereocenters. The van der Waals surface area contributed by atoms with E-state index in [1.165, 1.54) is 40.9 Å². The molecule has 2 aromatic rings. The SMILES string of the molecule is Cc1ccc(N2C(=O)C(SC(C)C)=C(c3ccc(F)cc3)C2=O)cc1. The Morgan fingerprint density at radius 1 is 0.920 bits per heavy atom. The van der Waals surface area contributed by atoms with Gasteiger partial charge in [0.05, 0.1) is 16.2 Å². The van der Waals surface area contributed by atoms with E-state index in [9.17, 15) is 14.0 Å². The van der Waals surface area contributed by atoms with Crippen molar-refractivity contribution in [2.24, 2.45) is 0 Å². The van der Waals surface area contributed by atoms with Crippen LogP contribution in [0.4, 0.5) is 10.1 Å². The molecule has 1 aliphatic heterocycles. The van der Waals surface area contributed by atoms with Crippen LogP contribution in [0.25, 0.3) is 5.57 Å². The number of amides is 2. The van der Waals surface area contributed by atoms with Crippen LogP contribution in [0.5, 0.6) is 0 Å². The molecule has 0 N–H and O–H groups in total. The van der Waals surface area contributed by atoms with Crippen LogP contribution in [0.3, 0.4) is 0 Å². The molecule has 1 heterocycles. The van der Waals surface area contributed by atoms with Gasteiger partial charge in [-0.1, -0.05) is 43.7 Å². The van der Waals surface area contributed by atoms with Crippen LogP contribution in [0, 0.1) is 12.7 Å². The average molecular weight is 355 g/mol. The third-order valence-electron chi connectivity index (χ3n) is 3.82. The second kappa shape index (κ2) is 6.84. The molecule has 0 fully saturated rings. The van der Waals surface area contributed by atoms with Crippen molar-refractivity contribution < 1.29 is 14.0 Å². The molecule has 128 valence electrons. The molecule has 0 radical (unpaired) electrons. The topological polar surface area (TPSA) is 37.4 Å². The Hall–Kier alpha value is -2.40. The summed E-state index contributed by atoms with van der Waals surface area (Å²) >= 11 is 1.36. The number of benzene rings is 2. The Balaban J connectivity index is 2.09. The molecule has 2 amide bonds. The fourth-order valence-electron chi connectivity index (χ4n) is 2.65. The summed E-state index contributed by atoms with van der Waals surface area (Å²) in [6.07, 6.45) is 0. The van der Waals surface area contributed by atoms with Crippen molar-refractivity contribution in [2.45, 2.75) is 26.0 Å². The Bertz CT molecular complexity index is 854. The fourth-order valence-corrected chi connectivity index (χ4v) is 3.64. The molecular weight excluding hydrogens is 337 g/mol. The quantitative estimate of drug-likeness (QED) is 0.755. The van der Waals surface area contributed by atoms with Gasteiger partial charge < -0.3 is 0 Å². The molecule has 0 spiro atoms. The predicted octanol–water partition coefficient (Wildman–Crippen LogP) is 4.56. The highest BCUT2D eigenvalue weighted by Gasteiger charge is 2.40. The van der Waals surface area contributed by atoms with Gasteiger partial charge in [-0.05, 0) is 36.8 Å². The second-order valence-electron chi connectivity index (χ2n) is 6.16. The highest BCUT2D eigenvalue weighted by Crippen LogP contribution is 2.39. The number of carbonyl (C=O) groups excluding carboxylic acids is 2. The maximum Gasteiger partial charge on any atom is 0.272 e. The van der Waals surface area contributed by atoms with Gasteiger partial charge in [0.1, 0.15) is 5.82 Å². The van der Waals surface area contributed by atoms with Crippen LogP contribution < -0.4 is 4.90 Å². The van der Waals surface area contributed by atoms with Crippen LogP contribution in [-0.4, -0.2) is 17.1 Å². The minimum absolute atomic E-state index is 0.139. The number of rotatable bonds is 4. The van der Waals surface area contributed by atoms with Gasteiger partial charge in [0.2, 0.25) is 0 Å². The van der Waals surface area contributed by atoms with E-state index in [1.807, 2.05) is 32.9 Å². The molecule has 0 saturated carbocycles. The number of halogens is 1. The Labute approximate surface area is 150 Å². The highest BCUT2D eigenvalue weighted by molar-refractivity contribution is 8.04. The molecule has 0 bridgehead atoms. The second-order valence-corrected chi connectivity index (χ2v) is 7.75. The summed E-state index contributed by atoms with van der Waals surface area (Å²) in [5.41, 5.74) is 2.48. The lowest BCUT2D eigenvalue weighted by molar-refractivity contribution is -0.119. The number of aryl methyl sites for hydroxylation is 1. The lowest BCUT2D eigenvalue weighted by Gasteiger charge is -2.15. The van der Waals surface area contributed by atoms with Crippen molar-refractivity contribution in [3.63, 3.8) is 0 Å². The van der Waals surface area contributed by atoms with Gasteiger partial charge in [-0.2, -0.15) is 0 Å². The van der Waals surface area contributed by atoms with E-state index in [2.05, 4.69) is 0 Å². The zero-order chi connectivity index (χ0) is 18.1. The van der Waals surface area contributed by atoms with Gasteiger partial charge in [-0.25, -0.2) is 9.29 Å². The number of carbonyl (C=O) groups is 2. The minimum atomic E-state index is -0.380. The Morgan fingerprint density at radius 3 is 2.08 bits per heavy atom. The van der Waals surface area contributed by atoms with E-state index in [-0.39, 0.29) is 22.9 Å². The molecule has 3 nitrogen and oxygen atoms in total. The zero-order valence-corrected chi connectivity index (χ0v) is 15.1. The van der Waals surface area contributed by atoms with E-state index >= 15 is 0 Å². The molecule has 0 aromatic heterocycles. The Kier molecular flexibility index (Phi) is 4.77. The number of thioether (sulfide) groups is 1. The number of anilines is 1. The van der Waals surface area contributed by atoms with Gasteiger partial charge >= 0.3 is 0 Å². The molecule has 2 aromatic carbocycles. The molecular formula is C20H18FNO2S. The maximum atomic E-state index is 13.3. The number of hydrogen-bond acceptors (Lipinski definition) is 3. The van der Waals surface area contributed by atoms with E-state index in [0.29, 0.717) is 21.7 Å². The number of hydrogen-bond donors (Lipinski definition) is 0. The summed E-state index contributed by atoms with van der Waals surface area (Å²) < 4.78 is 13.3. The van der Waals surface area contributed by atoms with Crippen molar-refractivity contribution in [1.82, 2.24) is 0 Å². The number of imide groups is 1. The minimum Gasteiger partial charge on any atom is -0.268 e. The van der Waals surface area contributed by atoms with Crippen LogP contribution >= 0.6 is 11.8 Å². The van der Waals surface area contributed by atoms with E-state index < -0.39 is 0 Å². The van der Waals surface area contributed by atoms with Crippen molar-refractivity contribution in [2.75, 3.05) is 4.90 Å². The van der Waals surface area contributed by atoms with Crippen LogP contribution in [0.1, 0.15) is 25.0 Å². The molecule has 0 aliphatic carbocycles. The van der Waals surface area contributed by atoms with Crippen molar-refractivity contribution in [3.8, 4) is 0 Å². The first-order valence-corrected chi connectivity index (χ1v) is 8.88. The van der Waals surface area contributed by atoms with Crippen LogP contribution in [-0.2, 0) is 9.59 Å². The first kappa shape index (κ1) is 17.4.